The third-order valence-corrected chi connectivity index (χ3v) is 7.46. The van der Waals surface area contributed by atoms with E-state index >= 15 is 0 Å². The first-order valence-electron chi connectivity index (χ1n) is 11.8. The average Bonchev–Trinajstić information content (AvgIpc) is 3.25. The van der Waals surface area contributed by atoms with Gasteiger partial charge in [-0.25, -0.2) is 4.98 Å². The SMILES string of the molecule is CC(C)(C)c1ccc(NC(=O)Cn2cnc3scc(-c4ccc5c(c4)CCCC5)c3c2=O)cc1. The molecule has 0 spiro atoms. The first-order chi connectivity index (χ1) is 16.3. The van der Waals surface area contributed by atoms with E-state index in [2.05, 4.69) is 49.3 Å². The fraction of sp³-hybridized carbons (Fsp3) is 0.321. The lowest BCUT2D eigenvalue weighted by Gasteiger charge is -2.19. The standard InChI is InChI=1S/C28H29N3O2S/c1-28(2,3)21-10-12-22(13-11-21)30-24(32)15-31-17-29-26-25(27(31)33)23(16-34-26)20-9-8-18-6-4-5-7-19(18)14-20/h8-14,16-17H,4-7,15H2,1-3H3,(H,30,32). The van der Waals surface area contributed by atoms with Crippen LogP contribution in [0.15, 0.2) is 59.0 Å². The van der Waals surface area contributed by atoms with Crippen LogP contribution in [0, 0.1) is 0 Å². The summed E-state index contributed by atoms with van der Waals surface area (Å²) in [5, 5.41) is 5.49. The molecule has 0 radical (unpaired) electrons. The summed E-state index contributed by atoms with van der Waals surface area (Å²) < 4.78 is 1.40. The smallest absolute Gasteiger partial charge is 0.263 e. The minimum absolute atomic E-state index is 0.0488. The number of aromatic nitrogens is 2. The van der Waals surface area contributed by atoms with Crippen molar-refractivity contribution in [1.29, 1.82) is 0 Å². The lowest BCUT2D eigenvalue weighted by molar-refractivity contribution is -0.116. The van der Waals surface area contributed by atoms with Crippen molar-refractivity contribution in [3.63, 3.8) is 0 Å². The van der Waals surface area contributed by atoms with E-state index in [0.717, 1.165) is 24.0 Å². The van der Waals surface area contributed by atoms with Gasteiger partial charge in [0.05, 0.1) is 11.7 Å². The molecule has 0 atom stereocenters. The molecule has 1 aliphatic carbocycles. The minimum atomic E-state index is -0.252. The second-order valence-electron chi connectivity index (χ2n) is 10.1. The molecule has 5 nitrogen and oxygen atoms in total. The van der Waals surface area contributed by atoms with Crippen LogP contribution in [0.5, 0.6) is 0 Å². The van der Waals surface area contributed by atoms with Gasteiger partial charge in [0, 0.05) is 16.6 Å². The molecular formula is C28H29N3O2S. The largest absolute Gasteiger partial charge is 0.325 e. The Morgan fingerprint density at radius 3 is 2.53 bits per heavy atom. The number of rotatable bonds is 4. The molecule has 1 N–H and O–H groups in total. The number of hydrogen-bond donors (Lipinski definition) is 1. The maximum Gasteiger partial charge on any atom is 0.263 e. The van der Waals surface area contributed by atoms with Gasteiger partial charge in [-0.3, -0.25) is 14.2 Å². The molecule has 1 amide bonds. The molecule has 0 saturated heterocycles. The predicted octanol–water partition coefficient (Wildman–Crippen LogP) is 5.94. The summed E-state index contributed by atoms with van der Waals surface area (Å²) in [5.74, 6) is -0.252. The quantitative estimate of drug-likeness (QED) is 0.401. The van der Waals surface area contributed by atoms with Gasteiger partial charge < -0.3 is 5.32 Å². The molecule has 0 fully saturated rings. The summed E-state index contributed by atoms with van der Waals surface area (Å²) in [6.45, 7) is 6.37. The molecule has 2 aromatic heterocycles. The monoisotopic (exact) mass is 471 g/mol. The predicted molar refractivity (Wildman–Crippen MR) is 140 cm³/mol. The normalized spacial score (nSPS) is 13.6. The molecule has 2 heterocycles. The van der Waals surface area contributed by atoms with E-state index in [1.807, 2.05) is 29.6 Å². The summed E-state index contributed by atoms with van der Waals surface area (Å²) in [5.41, 5.74) is 6.52. The fourth-order valence-electron chi connectivity index (χ4n) is 4.60. The summed E-state index contributed by atoms with van der Waals surface area (Å²) in [6, 6.07) is 14.4. The van der Waals surface area contributed by atoms with E-state index in [0.29, 0.717) is 15.9 Å². The molecule has 0 unspecified atom stereocenters. The van der Waals surface area contributed by atoms with Crippen LogP contribution in [0.3, 0.4) is 0 Å². The second-order valence-corrected chi connectivity index (χ2v) is 10.9. The number of nitrogens with one attached hydrogen (secondary N) is 1. The van der Waals surface area contributed by atoms with Crippen molar-refractivity contribution in [3.8, 4) is 11.1 Å². The van der Waals surface area contributed by atoms with Crippen molar-refractivity contribution in [2.24, 2.45) is 0 Å². The Hall–Kier alpha value is -3.25. The van der Waals surface area contributed by atoms with Gasteiger partial charge in [0.15, 0.2) is 0 Å². The van der Waals surface area contributed by atoms with Crippen LogP contribution in [0.2, 0.25) is 0 Å². The van der Waals surface area contributed by atoms with Crippen molar-refractivity contribution >= 4 is 33.1 Å². The van der Waals surface area contributed by atoms with Gasteiger partial charge in [0.2, 0.25) is 5.91 Å². The topological polar surface area (TPSA) is 64.0 Å². The van der Waals surface area contributed by atoms with Crippen LogP contribution < -0.4 is 10.9 Å². The Kier molecular flexibility index (Phi) is 5.86. The molecule has 1 aliphatic rings. The van der Waals surface area contributed by atoms with Gasteiger partial charge in [0.25, 0.3) is 5.56 Å². The lowest BCUT2D eigenvalue weighted by Crippen LogP contribution is -2.27. The van der Waals surface area contributed by atoms with Crippen LogP contribution in [-0.2, 0) is 29.6 Å². The number of benzene rings is 2. The highest BCUT2D eigenvalue weighted by molar-refractivity contribution is 7.17. The number of amides is 1. The number of nitrogens with zero attached hydrogens (tertiary/aromatic N) is 2. The molecule has 0 saturated carbocycles. The third-order valence-electron chi connectivity index (χ3n) is 6.57. The van der Waals surface area contributed by atoms with E-state index in [1.165, 1.54) is 51.8 Å². The number of carbonyl (C=O) groups is 1. The van der Waals surface area contributed by atoms with Gasteiger partial charge >= 0.3 is 0 Å². The first-order valence-corrected chi connectivity index (χ1v) is 12.7. The Morgan fingerprint density at radius 2 is 1.79 bits per heavy atom. The number of thiophene rings is 1. The Labute approximate surface area is 203 Å². The average molecular weight is 472 g/mol. The zero-order chi connectivity index (χ0) is 23.9. The first kappa shape index (κ1) is 22.5. The maximum atomic E-state index is 13.4. The summed E-state index contributed by atoms with van der Waals surface area (Å²) in [7, 11) is 0. The molecule has 0 aliphatic heterocycles. The van der Waals surface area contributed by atoms with Crippen molar-refractivity contribution in [2.45, 2.75) is 58.4 Å². The number of carbonyl (C=O) groups excluding carboxylic acids is 1. The van der Waals surface area contributed by atoms with Gasteiger partial charge in [-0.15, -0.1) is 11.3 Å². The van der Waals surface area contributed by atoms with E-state index < -0.39 is 0 Å². The fourth-order valence-corrected chi connectivity index (χ4v) is 5.51. The second kappa shape index (κ2) is 8.84. The van der Waals surface area contributed by atoms with E-state index in [9.17, 15) is 9.59 Å². The highest BCUT2D eigenvalue weighted by Gasteiger charge is 2.17. The van der Waals surface area contributed by atoms with E-state index in [-0.39, 0.29) is 23.4 Å². The van der Waals surface area contributed by atoms with Gasteiger partial charge in [-0.2, -0.15) is 0 Å². The zero-order valence-corrected chi connectivity index (χ0v) is 20.7. The molecule has 34 heavy (non-hydrogen) atoms. The third kappa shape index (κ3) is 4.42. The summed E-state index contributed by atoms with van der Waals surface area (Å²) >= 11 is 1.47. The van der Waals surface area contributed by atoms with Crippen molar-refractivity contribution in [3.05, 3.63) is 81.2 Å². The van der Waals surface area contributed by atoms with E-state index in [1.54, 1.807) is 0 Å². The highest BCUT2D eigenvalue weighted by atomic mass is 32.1. The summed E-state index contributed by atoms with van der Waals surface area (Å²) in [6.07, 6.45) is 6.14. The van der Waals surface area contributed by atoms with Crippen LogP contribution in [0.25, 0.3) is 21.3 Å². The van der Waals surface area contributed by atoms with E-state index in [4.69, 9.17) is 0 Å². The van der Waals surface area contributed by atoms with Crippen LogP contribution in [-0.4, -0.2) is 15.5 Å². The lowest BCUT2D eigenvalue weighted by atomic mass is 9.87. The molecule has 0 bridgehead atoms. The number of hydrogen-bond acceptors (Lipinski definition) is 4. The van der Waals surface area contributed by atoms with Crippen LogP contribution >= 0.6 is 11.3 Å². The molecule has 174 valence electrons. The van der Waals surface area contributed by atoms with Crippen molar-refractivity contribution in [1.82, 2.24) is 9.55 Å². The minimum Gasteiger partial charge on any atom is -0.325 e. The van der Waals surface area contributed by atoms with Crippen LogP contribution in [0.4, 0.5) is 5.69 Å². The Bertz CT molecular complexity index is 1430. The maximum absolute atomic E-state index is 13.4. The van der Waals surface area contributed by atoms with Crippen LogP contribution in [0.1, 0.15) is 50.3 Å². The Morgan fingerprint density at radius 1 is 1.06 bits per heavy atom. The molecule has 6 heteroatoms. The highest BCUT2D eigenvalue weighted by Crippen LogP contribution is 2.33. The number of aryl methyl sites for hydroxylation is 2. The summed E-state index contributed by atoms with van der Waals surface area (Å²) in [4.78, 5) is 31.3. The molecule has 4 aromatic rings. The molecular weight excluding hydrogens is 442 g/mol. The van der Waals surface area contributed by atoms with Gasteiger partial charge in [-0.05, 0) is 65.5 Å². The van der Waals surface area contributed by atoms with Gasteiger partial charge in [-0.1, -0.05) is 51.1 Å². The number of anilines is 1. The molecule has 5 rings (SSSR count). The van der Waals surface area contributed by atoms with Gasteiger partial charge in [0.1, 0.15) is 11.4 Å². The molecule has 2 aromatic carbocycles. The van der Waals surface area contributed by atoms with Crippen molar-refractivity contribution in [2.75, 3.05) is 5.32 Å². The zero-order valence-electron chi connectivity index (χ0n) is 19.9. The Balaban J connectivity index is 1.40. The van der Waals surface area contributed by atoms with Crippen molar-refractivity contribution < 1.29 is 4.79 Å². The number of fused-ring (bicyclic) bond motifs is 2.